The molecule has 2 aromatic heterocycles. The van der Waals surface area contributed by atoms with Crippen LogP contribution in [0, 0.1) is 0 Å². The zero-order valence-corrected chi connectivity index (χ0v) is 10.5. The van der Waals surface area contributed by atoms with Crippen LogP contribution < -0.4 is 5.32 Å². The second-order valence-electron chi connectivity index (χ2n) is 3.86. The second-order valence-corrected chi connectivity index (χ2v) is 4.64. The van der Waals surface area contributed by atoms with Crippen LogP contribution in [0.15, 0.2) is 29.2 Å². The van der Waals surface area contributed by atoms with Crippen LogP contribution in [-0.2, 0) is 13.1 Å². The quantitative estimate of drug-likeness (QED) is 0.863. The van der Waals surface area contributed by atoms with Crippen molar-refractivity contribution in [2.45, 2.75) is 33.0 Å². The van der Waals surface area contributed by atoms with E-state index in [1.165, 1.54) is 11.1 Å². The van der Waals surface area contributed by atoms with Gasteiger partial charge in [0.15, 0.2) is 0 Å². The standard InChI is InChI=1S/C12H17N3S/c1-3-15-8-11(7-14-15)6-13-10(2)12-4-5-16-9-12/h4-5,7-10,13H,3,6H2,1-2H3. The average Bonchev–Trinajstić information content (AvgIpc) is 2.96. The first-order valence-corrected chi connectivity index (χ1v) is 6.50. The summed E-state index contributed by atoms with van der Waals surface area (Å²) < 4.78 is 1.95. The number of nitrogens with zero attached hydrogens (tertiary/aromatic N) is 2. The molecule has 0 aromatic carbocycles. The summed E-state index contributed by atoms with van der Waals surface area (Å²) in [5, 5.41) is 12.0. The summed E-state index contributed by atoms with van der Waals surface area (Å²) in [6, 6.07) is 2.56. The van der Waals surface area contributed by atoms with Gasteiger partial charge in [0.25, 0.3) is 0 Å². The molecule has 0 spiro atoms. The monoisotopic (exact) mass is 235 g/mol. The molecule has 3 nitrogen and oxygen atoms in total. The predicted molar refractivity (Wildman–Crippen MR) is 67.5 cm³/mol. The summed E-state index contributed by atoms with van der Waals surface area (Å²) in [6.45, 7) is 6.08. The van der Waals surface area contributed by atoms with Crippen molar-refractivity contribution in [1.29, 1.82) is 0 Å². The molecule has 0 aliphatic rings. The van der Waals surface area contributed by atoms with Crippen molar-refractivity contribution in [3.63, 3.8) is 0 Å². The first-order valence-electron chi connectivity index (χ1n) is 5.56. The third-order valence-electron chi connectivity index (χ3n) is 2.67. The molecule has 1 unspecified atom stereocenters. The number of hydrogen-bond acceptors (Lipinski definition) is 3. The van der Waals surface area contributed by atoms with Crippen LogP contribution in [0.5, 0.6) is 0 Å². The summed E-state index contributed by atoms with van der Waals surface area (Å²) in [5.74, 6) is 0. The van der Waals surface area contributed by atoms with E-state index >= 15 is 0 Å². The fourth-order valence-corrected chi connectivity index (χ4v) is 2.33. The van der Waals surface area contributed by atoms with Crippen LogP contribution in [0.3, 0.4) is 0 Å². The van der Waals surface area contributed by atoms with Gasteiger partial charge in [-0.1, -0.05) is 0 Å². The van der Waals surface area contributed by atoms with E-state index in [1.807, 2.05) is 10.9 Å². The Morgan fingerprint density at radius 1 is 1.56 bits per heavy atom. The molecule has 0 radical (unpaired) electrons. The molecule has 0 bridgehead atoms. The average molecular weight is 235 g/mol. The molecular formula is C12H17N3S. The van der Waals surface area contributed by atoms with Gasteiger partial charge in [0.05, 0.1) is 6.20 Å². The van der Waals surface area contributed by atoms with Crippen molar-refractivity contribution < 1.29 is 0 Å². The van der Waals surface area contributed by atoms with Gasteiger partial charge in [0, 0.05) is 30.9 Å². The predicted octanol–water partition coefficient (Wildman–Crippen LogP) is 2.82. The van der Waals surface area contributed by atoms with Crippen molar-refractivity contribution in [1.82, 2.24) is 15.1 Å². The van der Waals surface area contributed by atoms with E-state index in [-0.39, 0.29) is 0 Å². The normalized spacial score (nSPS) is 12.9. The number of nitrogens with one attached hydrogen (secondary N) is 1. The summed E-state index contributed by atoms with van der Waals surface area (Å²) in [7, 11) is 0. The van der Waals surface area contributed by atoms with Crippen LogP contribution in [0.25, 0.3) is 0 Å². The number of hydrogen-bond donors (Lipinski definition) is 1. The molecule has 16 heavy (non-hydrogen) atoms. The van der Waals surface area contributed by atoms with Crippen LogP contribution in [0.4, 0.5) is 0 Å². The molecule has 0 saturated carbocycles. The number of aromatic nitrogens is 2. The first-order chi connectivity index (χ1) is 7.79. The lowest BCUT2D eigenvalue weighted by Crippen LogP contribution is -2.17. The van der Waals surface area contributed by atoms with E-state index in [0.717, 1.165) is 13.1 Å². The minimum atomic E-state index is 0.399. The highest BCUT2D eigenvalue weighted by Gasteiger charge is 2.05. The maximum atomic E-state index is 4.25. The van der Waals surface area contributed by atoms with Gasteiger partial charge >= 0.3 is 0 Å². The number of thiophene rings is 1. The van der Waals surface area contributed by atoms with Gasteiger partial charge in [-0.3, -0.25) is 4.68 Å². The Morgan fingerprint density at radius 2 is 2.44 bits per heavy atom. The topological polar surface area (TPSA) is 29.9 Å². The molecule has 1 atom stereocenters. The van der Waals surface area contributed by atoms with Gasteiger partial charge in [-0.2, -0.15) is 16.4 Å². The zero-order chi connectivity index (χ0) is 11.4. The van der Waals surface area contributed by atoms with Crippen molar-refractivity contribution >= 4 is 11.3 Å². The van der Waals surface area contributed by atoms with Crippen molar-refractivity contribution in [2.24, 2.45) is 0 Å². The van der Waals surface area contributed by atoms with Gasteiger partial charge in [-0.05, 0) is 36.2 Å². The molecule has 0 amide bonds. The molecule has 2 aromatic rings. The maximum Gasteiger partial charge on any atom is 0.0534 e. The van der Waals surface area contributed by atoms with E-state index in [2.05, 4.69) is 47.3 Å². The lowest BCUT2D eigenvalue weighted by Gasteiger charge is -2.11. The number of rotatable bonds is 5. The Morgan fingerprint density at radius 3 is 3.06 bits per heavy atom. The Kier molecular flexibility index (Phi) is 3.74. The fraction of sp³-hybridized carbons (Fsp3) is 0.417. The van der Waals surface area contributed by atoms with Crippen molar-refractivity contribution in [2.75, 3.05) is 0 Å². The molecule has 0 aliphatic heterocycles. The van der Waals surface area contributed by atoms with E-state index in [0.29, 0.717) is 6.04 Å². The molecule has 0 saturated heterocycles. The van der Waals surface area contributed by atoms with Gasteiger partial charge in [0.2, 0.25) is 0 Å². The van der Waals surface area contributed by atoms with Crippen molar-refractivity contribution in [3.8, 4) is 0 Å². The minimum absolute atomic E-state index is 0.399. The molecule has 0 fully saturated rings. The largest absolute Gasteiger partial charge is 0.306 e. The molecule has 2 heterocycles. The molecule has 1 N–H and O–H groups in total. The van der Waals surface area contributed by atoms with E-state index < -0.39 is 0 Å². The Bertz CT molecular complexity index is 419. The van der Waals surface area contributed by atoms with Gasteiger partial charge in [0.1, 0.15) is 0 Å². The smallest absolute Gasteiger partial charge is 0.0534 e. The summed E-state index contributed by atoms with van der Waals surface area (Å²) in [6.07, 6.45) is 4.02. The highest BCUT2D eigenvalue weighted by molar-refractivity contribution is 7.07. The first kappa shape index (κ1) is 11.4. The molecule has 4 heteroatoms. The fourth-order valence-electron chi connectivity index (χ4n) is 1.58. The van der Waals surface area contributed by atoms with E-state index in [9.17, 15) is 0 Å². The second kappa shape index (κ2) is 5.27. The molecule has 86 valence electrons. The van der Waals surface area contributed by atoms with E-state index in [1.54, 1.807) is 11.3 Å². The molecule has 2 rings (SSSR count). The van der Waals surface area contributed by atoms with Crippen LogP contribution in [0.1, 0.15) is 31.0 Å². The zero-order valence-electron chi connectivity index (χ0n) is 9.68. The molecule has 0 aliphatic carbocycles. The van der Waals surface area contributed by atoms with Crippen LogP contribution in [-0.4, -0.2) is 9.78 Å². The van der Waals surface area contributed by atoms with Crippen LogP contribution >= 0.6 is 11.3 Å². The Labute approximate surface area is 100 Å². The maximum absolute atomic E-state index is 4.25. The highest BCUT2D eigenvalue weighted by Crippen LogP contribution is 2.15. The lowest BCUT2D eigenvalue weighted by molar-refractivity contribution is 0.575. The van der Waals surface area contributed by atoms with Crippen LogP contribution in [0.2, 0.25) is 0 Å². The summed E-state index contributed by atoms with van der Waals surface area (Å²) in [5.41, 5.74) is 2.59. The van der Waals surface area contributed by atoms with Gasteiger partial charge in [-0.15, -0.1) is 0 Å². The number of aryl methyl sites for hydroxylation is 1. The minimum Gasteiger partial charge on any atom is -0.306 e. The third-order valence-corrected chi connectivity index (χ3v) is 3.37. The van der Waals surface area contributed by atoms with Gasteiger partial charge in [-0.25, -0.2) is 0 Å². The summed E-state index contributed by atoms with van der Waals surface area (Å²) >= 11 is 1.74. The molecular weight excluding hydrogens is 218 g/mol. The Balaban J connectivity index is 1.87. The third kappa shape index (κ3) is 2.71. The van der Waals surface area contributed by atoms with E-state index in [4.69, 9.17) is 0 Å². The van der Waals surface area contributed by atoms with Crippen molar-refractivity contribution in [3.05, 3.63) is 40.3 Å². The summed E-state index contributed by atoms with van der Waals surface area (Å²) in [4.78, 5) is 0. The van der Waals surface area contributed by atoms with Gasteiger partial charge < -0.3 is 5.32 Å². The highest BCUT2D eigenvalue weighted by atomic mass is 32.1. The SMILES string of the molecule is CCn1cc(CNC(C)c2ccsc2)cn1. The Hall–Kier alpha value is -1.13. The lowest BCUT2D eigenvalue weighted by atomic mass is 10.2.